The van der Waals surface area contributed by atoms with Crippen LogP contribution in [0.3, 0.4) is 0 Å². The molecule has 0 spiro atoms. The molecule has 2 heteroatoms. The second-order valence-corrected chi connectivity index (χ2v) is 14.5. The SMILES string of the molecule is c1ccc2c(-c3ccc(N(c4ccc(-c5ccc(-c6cc7ccccc7c7ccccc67)cc5)cc4)c4cccc5c4oc4ccccc45)cc3)cccc2c1. The average molecular weight is 714 g/mol. The number of hydrogen-bond acceptors (Lipinski definition) is 2. The molecule has 0 saturated heterocycles. The molecule has 0 saturated carbocycles. The highest BCUT2D eigenvalue weighted by Crippen LogP contribution is 2.43. The first kappa shape index (κ1) is 32.0. The van der Waals surface area contributed by atoms with Gasteiger partial charge in [-0.3, -0.25) is 0 Å². The molecule has 0 aliphatic carbocycles. The normalized spacial score (nSPS) is 11.6. The van der Waals surface area contributed by atoms with E-state index in [4.69, 9.17) is 4.42 Å². The van der Waals surface area contributed by atoms with Crippen molar-refractivity contribution in [1.82, 2.24) is 0 Å². The Bertz CT molecular complexity index is 3220. The molecule has 1 aromatic heterocycles. The lowest BCUT2D eigenvalue weighted by Crippen LogP contribution is -2.10. The summed E-state index contributed by atoms with van der Waals surface area (Å²) in [4.78, 5) is 2.31. The molecule has 0 fully saturated rings. The molecular weight excluding hydrogens is 679 g/mol. The molecule has 2 nitrogen and oxygen atoms in total. The Morgan fingerprint density at radius 3 is 1.55 bits per heavy atom. The van der Waals surface area contributed by atoms with Gasteiger partial charge in [0.1, 0.15) is 5.58 Å². The Kier molecular flexibility index (Phi) is 7.53. The smallest absolute Gasteiger partial charge is 0.159 e. The van der Waals surface area contributed by atoms with Gasteiger partial charge < -0.3 is 9.32 Å². The minimum absolute atomic E-state index is 0.868. The molecule has 56 heavy (non-hydrogen) atoms. The van der Waals surface area contributed by atoms with Gasteiger partial charge in [-0.2, -0.15) is 0 Å². The zero-order valence-electron chi connectivity index (χ0n) is 30.6. The molecule has 11 aromatic rings. The number of nitrogens with zero attached hydrogens (tertiary/aromatic N) is 1. The Labute approximate surface area is 325 Å². The lowest BCUT2D eigenvalue weighted by Gasteiger charge is -2.26. The quantitative estimate of drug-likeness (QED) is 0.160. The first-order chi connectivity index (χ1) is 27.8. The summed E-state index contributed by atoms with van der Waals surface area (Å²) in [5.41, 5.74) is 12.1. The van der Waals surface area contributed by atoms with Crippen molar-refractivity contribution in [3.05, 3.63) is 212 Å². The predicted octanol–water partition coefficient (Wildman–Crippen LogP) is 15.5. The van der Waals surface area contributed by atoms with Gasteiger partial charge in [0, 0.05) is 22.1 Å². The summed E-state index contributed by atoms with van der Waals surface area (Å²) >= 11 is 0. The van der Waals surface area contributed by atoms with E-state index in [1.807, 2.05) is 12.1 Å². The predicted molar refractivity (Wildman–Crippen MR) is 237 cm³/mol. The fraction of sp³-hybridized carbons (Fsp3) is 0. The summed E-state index contributed by atoms with van der Waals surface area (Å²) in [7, 11) is 0. The second kappa shape index (κ2) is 13.2. The summed E-state index contributed by atoms with van der Waals surface area (Å²) in [6.07, 6.45) is 0. The van der Waals surface area contributed by atoms with Crippen molar-refractivity contribution in [1.29, 1.82) is 0 Å². The van der Waals surface area contributed by atoms with Gasteiger partial charge in [-0.05, 0) is 108 Å². The topological polar surface area (TPSA) is 16.4 Å². The third kappa shape index (κ3) is 5.34. The number of benzene rings is 10. The van der Waals surface area contributed by atoms with E-state index in [1.165, 1.54) is 60.1 Å². The Balaban J connectivity index is 0.986. The van der Waals surface area contributed by atoms with Crippen molar-refractivity contribution in [2.75, 3.05) is 4.90 Å². The zero-order chi connectivity index (χ0) is 37.0. The summed E-state index contributed by atoms with van der Waals surface area (Å²) in [6.45, 7) is 0. The Morgan fingerprint density at radius 1 is 0.304 bits per heavy atom. The largest absolute Gasteiger partial charge is 0.454 e. The van der Waals surface area contributed by atoms with Gasteiger partial charge in [0.05, 0.1) is 5.69 Å². The third-order valence-electron chi connectivity index (χ3n) is 11.3. The van der Waals surface area contributed by atoms with E-state index in [0.29, 0.717) is 0 Å². The monoisotopic (exact) mass is 713 g/mol. The standard InChI is InChI=1S/C54H35NO/c1-3-14-44-38(11-1)13-9-19-45(44)39-29-33-43(34-30-39)55(52-21-10-20-50-49-18-7-8-22-53(49)56-54(50)52)42-31-27-37(28-32-42)36-23-25-40(26-24-36)51-35-41-12-2-4-15-46(41)47-16-5-6-17-48(47)51/h1-35H. The lowest BCUT2D eigenvalue weighted by molar-refractivity contribution is 0.669. The zero-order valence-corrected chi connectivity index (χ0v) is 30.6. The highest BCUT2D eigenvalue weighted by molar-refractivity contribution is 6.14. The van der Waals surface area contributed by atoms with Crippen LogP contribution in [-0.4, -0.2) is 0 Å². The van der Waals surface area contributed by atoms with E-state index >= 15 is 0 Å². The Morgan fingerprint density at radius 2 is 0.804 bits per heavy atom. The number of fused-ring (bicyclic) bond motifs is 7. The van der Waals surface area contributed by atoms with Crippen LogP contribution in [0.25, 0.3) is 87.6 Å². The van der Waals surface area contributed by atoms with Crippen LogP contribution in [-0.2, 0) is 0 Å². The van der Waals surface area contributed by atoms with Gasteiger partial charge in [-0.25, -0.2) is 0 Å². The van der Waals surface area contributed by atoms with Crippen LogP contribution < -0.4 is 4.90 Å². The minimum atomic E-state index is 0.868. The molecule has 262 valence electrons. The summed E-state index contributed by atoms with van der Waals surface area (Å²) < 4.78 is 6.60. The molecule has 0 aliphatic rings. The highest BCUT2D eigenvalue weighted by atomic mass is 16.3. The van der Waals surface area contributed by atoms with Crippen molar-refractivity contribution in [2.45, 2.75) is 0 Å². The van der Waals surface area contributed by atoms with Gasteiger partial charge in [0.25, 0.3) is 0 Å². The highest BCUT2D eigenvalue weighted by Gasteiger charge is 2.20. The summed E-state index contributed by atoms with van der Waals surface area (Å²) in [6, 6.07) is 76.4. The van der Waals surface area contributed by atoms with Crippen LogP contribution in [0.5, 0.6) is 0 Å². The van der Waals surface area contributed by atoms with E-state index in [-0.39, 0.29) is 0 Å². The maximum atomic E-state index is 6.60. The number of para-hydroxylation sites is 2. The van der Waals surface area contributed by atoms with Crippen LogP contribution in [0, 0.1) is 0 Å². The minimum Gasteiger partial charge on any atom is -0.454 e. The molecule has 0 radical (unpaired) electrons. The number of anilines is 3. The first-order valence-corrected chi connectivity index (χ1v) is 19.2. The van der Waals surface area contributed by atoms with Gasteiger partial charge in [0.2, 0.25) is 0 Å². The maximum Gasteiger partial charge on any atom is 0.159 e. The molecule has 0 amide bonds. The van der Waals surface area contributed by atoms with Crippen LogP contribution >= 0.6 is 0 Å². The van der Waals surface area contributed by atoms with Gasteiger partial charge in [-0.1, -0.05) is 170 Å². The van der Waals surface area contributed by atoms with Gasteiger partial charge >= 0.3 is 0 Å². The lowest BCUT2D eigenvalue weighted by atomic mass is 9.92. The van der Waals surface area contributed by atoms with Crippen molar-refractivity contribution in [3.8, 4) is 33.4 Å². The fourth-order valence-corrected chi connectivity index (χ4v) is 8.54. The van der Waals surface area contributed by atoms with Crippen LogP contribution in [0.2, 0.25) is 0 Å². The molecule has 0 N–H and O–H groups in total. The van der Waals surface area contributed by atoms with E-state index in [2.05, 4.69) is 205 Å². The molecule has 10 aromatic carbocycles. The molecule has 0 unspecified atom stereocenters. The van der Waals surface area contributed by atoms with Crippen LogP contribution in [0.1, 0.15) is 0 Å². The summed E-state index contributed by atoms with van der Waals surface area (Å²) in [5.74, 6) is 0. The molecule has 1 heterocycles. The third-order valence-corrected chi connectivity index (χ3v) is 11.3. The average Bonchev–Trinajstić information content (AvgIpc) is 3.66. The Hall–Kier alpha value is -7.42. The molecular formula is C54H35NO. The molecule has 0 atom stereocenters. The summed E-state index contributed by atoms with van der Waals surface area (Å²) in [5, 5.41) is 9.81. The number of hydrogen-bond donors (Lipinski definition) is 0. The molecule has 0 bridgehead atoms. The first-order valence-electron chi connectivity index (χ1n) is 19.2. The van der Waals surface area contributed by atoms with E-state index in [9.17, 15) is 0 Å². The number of rotatable bonds is 6. The number of furan rings is 1. The maximum absolute atomic E-state index is 6.60. The van der Waals surface area contributed by atoms with E-state index < -0.39 is 0 Å². The van der Waals surface area contributed by atoms with Crippen molar-refractivity contribution < 1.29 is 4.42 Å². The van der Waals surface area contributed by atoms with Crippen molar-refractivity contribution in [2.24, 2.45) is 0 Å². The van der Waals surface area contributed by atoms with Crippen molar-refractivity contribution in [3.63, 3.8) is 0 Å². The van der Waals surface area contributed by atoms with E-state index in [1.54, 1.807) is 0 Å². The molecule has 0 aliphatic heterocycles. The van der Waals surface area contributed by atoms with E-state index in [0.717, 1.165) is 44.6 Å². The van der Waals surface area contributed by atoms with Crippen LogP contribution in [0.15, 0.2) is 217 Å². The van der Waals surface area contributed by atoms with Crippen molar-refractivity contribution >= 4 is 71.3 Å². The van der Waals surface area contributed by atoms with Crippen LogP contribution in [0.4, 0.5) is 17.1 Å². The molecule has 11 rings (SSSR count). The van der Waals surface area contributed by atoms with Gasteiger partial charge in [-0.15, -0.1) is 0 Å². The van der Waals surface area contributed by atoms with Gasteiger partial charge in [0.15, 0.2) is 5.58 Å². The second-order valence-electron chi connectivity index (χ2n) is 14.5. The fourth-order valence-electron chi connectivity index (χ4n) is 8.54.